The minimum absolute atomic E-state index is 0.0376. The molecule has 1 amide bonds. The summed E-state index contributed by atoms with van der Waals surface area (Å²) in [5.41, 5.74) is 0.150. The molecule has 8 heteroatoms. The van der Waals surface area contributed by atoms with Crippen LogP contribution in [0.25, 0.3) is 0 Å². The first-order valence-corrected chi connectivity index (χ1v) is 6.74. The maximum Gasteiger partial charge on any atom is 0.303 e. The third-order valence-electron chi connectivity index (χ3n) is 3.35. The summed E-state index contributed by atoms with van der Waals surface area (Å²) in [4.78, 5) is 33.0. The second-order valence-corrected chi connectivity index (χ2v) is 5.39. The normalized spacial score (nSPS) is 15.5. The number of carbonyl (C=O) groups excluding carboxylic acids is 1. The van der Waals surface area contributed by atoms with Gasteiger partial charge in [-0.25, -0.2) is 0 Å². The molecule has 0 radical (unpaired) electrons. The van der Waals surface area contributed by atoms with E-state index in [1.54, 1.807) is 11.5 Å². The number of nitro groups is 1. The van der Waals surface area contributed by atoms with Crippen LogP contribution in [0.1, 0.15) is 42.7 Å². The van der Waals surface area contributed by atoms with Crippen molar-refractivity contribution in [3.63, 3.8) is 0 Å². The molecule has 8 nitrogen and oxygen atoms in total. The van der Waals surface area contributed by atoms with E-state index in [-0.39, 0.29) is 36.3 Å². The number of nitrogens with zero attached hydrogens (tertiary/aromatic N) is 2. The van der Waals surface area contributed by atoms with Gasteiger partial charge in [0.1, 0.15) is 5.69 Å². The van der Waals surface area contributed by atoms with E-state index in [9.17, 15) is 19.7 Å². The van der Waals surface area contributed by atoms with Crippen molar-refractivity contribution in [1.29, 1.82) is 0 Å². The Hall–Kier alpha value is -2.38. The predicted octanol–water partition coefficient (Wildman–Crippen LogP) is 1.57. The van der Waals surface area contributed by atoms with Gasteiger partial charge in [-0.15, -0.1) is 0 Å². The van der Waals surface area contributed by atoms with Crippen LogP contribution in [0.15, 0.2) is 12.3 Å². The molecule has 114 valence electrons. The maximum atomic E-state index is 12.1. The molecule has 1 heterocycles. The second kappa shape index (κ2) is 5.94. The molecule has 1 aliphatic rings. The molecule has 1 unspecified atom stereocenters. The summed E-state index contributed by atoms with van der Waals surface area (Å²) in [6, 6.07) is 1.41. The van der Waals surface area contributed by atoms with Crippen molar-refractivity contribution >= 4 is 17.6 Å². The Bertz CT molecular complexity index is 576. The van der Waals surface area contributed by atoms with Crippen molar-refractivity contribution in [3.8, 4) is 0 Å². The molecule has 1 aromatic rings. The Balaban J connectivity index is 2.04. The third-order valence-corrected chi connectivity index (χ3v) is 3.35. The lowest BCUT2D eigenvalue weighted by Gasteiger charge is -2.11. The van der Waals surface area contributed by atoms with Crippen LogP contribution in [0.4, 0.5) is 5.69 Å². The van der Waals surface area contributed by atoms with Crippen LogP contribution in [0.3, 0.4) is 0 Å². The topological polar surface area (TPSA) is 114 Å². The molecule has 1 aliphatic carbocycles. The van der Waals surface area contributed by atoms with Gasteiger partial charge >= 0.3 is 5.97 Å². The number of carboxylic acid groups (broad SMARTS) is 1. The number of amides is 1. The largest absolute Gasteiger partial charge is 0.481 e. The van der Waals surface area contributed by atoms with Gasteiger partial charge in [-0.3, -0.25) is 19.7 Å². The minimum atomic E-state index is -0.922. The fraction of sp³-hybridized carbons (Fsp3) is 0.538. The Morgan fingerprint density at radius 2 is 2.24 bits per heavy atom. The number of aliphatic carboxylic acids is 1. The van der Waals surface area contributed by atoms with Gasteiger partial charge in [-0.1, -0.05) is 6.92 Å². The van der Waals surface area contributed by atoms with E-state index in [2.05, 4.69) is 5.32 Å². The molecule has 0 bridgehead atoms. The van der Waals surface area contributed by atoms with Gasteiger partial charge in [0, 0.05) is 25.1 Å². The number of aromatic nitrogens is 1. The van der Waals surface area contributed by atoms with E-state index >= 15 is 0 Å². The van der Waals surface area contributed by atoms with E-state index in [1.165, 1.54) is 12.3 Å². The second-order valence-electron chi connectivity index (χ2n) is 5.39. The first-order valence-electron chi connectivity index (χ1n) is 6.74. The van der Waals surface area contributed by atoms with Crippen LogP contribution >= 0.6 is 0 Å². The molecule has 0 saturated heterocycles. The Morgan fingerprint density at radius 3 is 2.76 bits per heavy atom. The predicted molar refractivity (Wildman–Crippen MR) is 73.1 cm³/mol. The van der Waals surface area contributed by atoms with E-state index in [0.29, 0.717) is 0 Å². The highest BCUT2D eigenvalue weighted by Crippen LogP contribution is 2.37. The van der Waals surface area contributed by atoms with Crippen LogP contribution < -0.4 is 5.32 Å². The number of carboxylic acids is 1. The summed E-state index contributed by atoms with van der Waals surface area (Å²) < 4.78 is 1.63. The Kier molecular flexibility index (Phi) is 4.25. The van der Waals surface area contributed by atoms with Crippen molar-refractivity contribution in [2.45, 2.75) is 32.2 Å². The first kappa shape index (κ1) is 15.0. The zero-order valence-electron chi connectivity index (χ0n) is 11.6. The average molecular weight is 295 g/mol. The summed E-state index contributed by atoms with van der Waals surface area (Å²) in [7, 11) is 0. The van der Waals surface area contributed by atoms with Crippen molar-refractivity contribution in [1.82, 2.24) is 9.88 Å². The highest BCUT2D eigenvalue weighted by molar-refractivity contribution is 5.93. The lowest BCUT2D eigenvalue weighted by Crippen LogP contribution is -2.30. The fourth-order valence-electron chi connectivity index (χ4n) is 2.13. The minimum Gasteiger partial charge on any atom is -0.481 e. The van der Waals surface area contributed by atoms with Crippen molar-refractivity contribution in [2.75, 3.05) is 6.54 Å². The molecular formula is C13H17N3O5. The molecule has 21 heavy (non-hydrogen) atoms. The van der Waals surface area contributed by atoms with Gasteiger partial charge in [-0.05, 0) is 18.8 Å². The quantitative estimate of drug-likeness (QED) is 0.585. The van der Waals surface area contributed by atoms with Crippen LogP contribution in [0.5, 0.6) is 0 Å². The summed E-state index contributed by atoms with van der Waals surface area (Å²) in [5, 5.41) is 22.1. The molecule has 2 N–H and O–H groups in total. The van der Waals surface area contributed by atoms with Crippen LogP contribution in [0, 0.1) is 16.0 Å². The van der Waals surface area contributed by atoms with Gasteiger partial charge < -0.3 is 15.0 Å². The third kappa shape index (κ3) is 3.80. The number of carbonyl (C=O) groups is 2. The van der Waals surface area contributed by atoms with Gasteiger partial charge in [0.25, 0.3) is 11.6 Å². The van der Waals surface area contributed by atoms with Crippen LogP contribution in [0.2, 0.25) is 0 Å². The van der Waals surface area contributed by atoms with E-state index < -0.39 is 16.8 Å². The molecule has 1 saturated carbocycles. The maximum absolute atomic E-state index is 12.1. The highest BCUT2D eigenvalue weighted by Gasteiger charge is 2.30. The Morgan fingerprint density at radius 1 is 1.57 bits per heavy atom. The SMILES string of the molecule is CC(CNC(=O)c1cc([N+](=O)[O-])cn1C1CC1)CC(=O)O. The van der Waals surface area contributed by atoms with Crippen molar-refractivity contribution < 1.29 is 19.6 Å². The number of rotatable bonds is 7. The zero-order chi connectivity index (χ0) is 15.6. The average Bonchev–Trinajstić information content (AvgIpc) is 3.13. The molecule has 0 spiro atoms. The molecule has 1 fully saturated rings. The van der Waals surface area contributed by atoms with Gasteiger partial charge in [-0.2, -0.15) is 0 Å². The molecule has 1 aromatic heterocycles. The standard InChI is InChI=1S/C13H17N3O5/c1-8(4-12(17)18)6-14-13(19)11-5-10(16(20)21)7-15(11)9-2-3-9/h5,7-9H,2-4,6H2,1H3,(H,14,19)(H,17,18). The van der Waals surface area contributed by atoms with E-state index in [0.717, 1.165) is 12.8 Å². The van der Waals surface area contributed by atoms with Gasteiger partial charge in [0.05, 0.1) is 11.1 Å². The smallest absolute Gasteiger partial charge is 0.303 e. The summed E-state index contributed by atoms with van der Waals surface area (Å²) >= 11 is 0. The van der Waals surface area contributed by atoms with E-state index in [1.807, 2.05) is 0 Å². The molecule has 2 rings (SSSR count). The number of nitrogens with one attached hydrogen (secondary N) is 1. The van der Waals surface area contributed by atoms with Crippen molar-refractivity contribution in [2.24, 2.45) is 5.92 Å². The van der Waals surface area contributed by atoms with E-state index in [4.69, 9.17) is 5.11 Å². The summed E-state index contributed by atoms with van der Waals surface area (Å²) in [5.74, 6) is -1.54. The monoisotopic (exact) mass is 295 g/mol. The van der Waals surface area contributed by atoms with Gasteiger partial charge in [0.15, 0.2) is 0 Å². The molecule has 0 aliphatic heterocycles. The Labute approximate surface area is 120 Å². The lowest BCUT2D eigenvalue weighted by atomic mass is 10.1. The first-order chi connectivity index (χ1) is 9.88. The fourth-order valence-corrected chi connectivity index (χ4v) is 2.13. The molecule has 0 aromatic carbocycles. The zero-order valence-corrected chi connectivity index (χ0v) is 11.6. The lowest BCUT2D eigenvalue weighted by molar-refractivity contribution is -0.384. The number of hydrogen-bond acceptors (Lipinski definition) is 4. The number of hydrogen-bond donors (Lipinski definition) is 2. The van der Waals surface area contributed by atoms with Crippen LogP contribution in [-0.4, -0.2) is 33.0 Å². The van der Waals surface area contributed by atoms with Gasteiger partial charge in [0.2, 0.25) is 0 Å². The van der Waals surface area contributed by atoms with Crippen molar-refractivity contribution in [3.05, 3.63) is 28.1 Å². The summed E-state index contributed by atoms with van der Waals surface area (Å²) in [6.07, 6.45) is 3.15. The highest BCUT2D eigenvalue weighted by atomic mass is 16.6. The molecule has 1 atom stereocenters. The van der Waals surface area contributed by atoms with Crippen LogP contribution in [-0.2, 0) is 4.79 Å². The molecular weight excluding hydrogens is 278 g/mol. The summed E-state index contributed by atoms with van der Waals surface area (Å²) in [6.45, 7) is 1.94.